The SMILES string of the molecule is CCc1ccc(C=CC(=O)N(CC(=O)OC)C(C)C)cc1. The molecular weight excluding hydrogens is 266 g/mol. The molecule has 4 heteroatoms. The van der Waals surface area contributed by atoms with Crippen LogP contribution in [0.4, 0.5) is 0 Å². The molecule has 1 aromatic rings. The average molecular weight is 289 g/mol. The van der Waals surface area contributed by atoms with E-state index in [1.54, 1.807) is 6.08 Å². The second-order valence-electron chi connectivity index (χ2n) is 5.06. The van der Waals surface area contributed by atoms with Gasteiger partial charge in [-0.3, -0.25) is 9.59 Å². The van der Waals surface area contributed by atoms with E-state index in [1.807, 2.05) is 38.1 Å². The van der Waals surface area contributed by atoms with Crippen molar-refractivity contribution < 1.29 is 14.3 Å². The molecule has 0 aromatic heterocycles. The van der Waals surface area contributed by atoms with Gasteiger partial charge < -0.3 is 9.64 Å². The lowest BCUT2D eigenvalue weighted by atomic mass is 10.1. The molecule has 1 rings (SSSR count). The van der Waals surface area contributed by atoms with Crippen molar-refractivity contribution in [3.05, 3.63) is 41.5 Å². The fourth-order valence-corrected chi connectivity index (χ4v) is 1.85. The second kappa shape index (κ2) is 8.25. The highest BCUT2D eigenvalue weighted by Gasteiger charge is 2.18. The van der Waals surface area contributed by atoms with Crippen molar-refractivity contribution in [3.63, 3.8) is 0 Å². The Morgan fingerprint density at radius 3 is 2.33 bits per heavy atom. The fraction of sp³-hybridized carbons (Fsp3) is 0.412. The van der Waals surface area contributed by atoms with Crippen LogP contribution in [0.1, 0.15) is 31.9 Å². The van der Waals surface area contributed by atoms with E-state index in [9.17, 15) is 9.59 Å². The highest BCUT2D eigenvalue weighted by molar-refractivity contribution is 5.93. The van der Waals surface area contributed by atoms with Gasteiger partial charge in [0.1, 0.15) is 6.54 Å². The van der Waals surface area contributed by atoms with Crippen LogP contribution in [0, 0.1) is 0 Å². The van der Waals surface area contributed by atoms with Gasteiger partial charge in [-0.2, -0.15) is 0 Å². The zero-order valence-electron chi connectivity index (χ0n) is 13.1. The third-order valence-corrected chi connectivity index (χ3v) is 3.24. The number of rotatable bonds is 6. The predicted molar refractivity (Wildman–Crippen MR) is 83.7 cm³/mol. The fourth-order valence-electron chi connectivity index (χ4n) is 1.85. The molecule has 0 bridgehead atoms. The average Bonchev–Trinajstić information content (AvgIpc) is 2.50. The van der Waals surface area contributed by atoms with E-state index >= 15 is 0 Å². The summed E-state index contributed by atoms with van der Waals surface area (Å²) >= 11 is 0. The number of ether oxygens (including phenoxy) is 1. The van der Waals surface area contributed by atoms with Crippen molar-refractivity contribution in [1.29, 1.82) is 0 Å². The summed E-state index contributed by atoms with van der Waals surface area (Å²) in [6.07, 6.45) is 4.24. The van der Waals surface area contributed by atoms with Gasteiger partial charge >= 0.3 is 5.97 Å². The maximum Gasteiger partial charge on any atom is 0.325 e. The largest absolute Gasteiger partial charge is 0.468 e. The van der Waals surface area contributed by atoms with Crippen LogP contribution >= 0.6 is 0 Å². The lowest BCUT2D eigenvalue weighted by Gasteiger charge is -2.24. The summed E-state index contributed by atoms with van der Waals surface area (Å²) in [4.78, 5) is 25.0. The molecule has 0 saturated heterocycles. The quantitative estimate of drug-likeness (QED) is 0.597. The molecule has 0 radical (unpaired) electrons. The Kier molecular flexibility index (Phi) is 6.66. The molecule has 1 amide bonds. The second-order valence-corrected chi connectivity index (χ2v) is 5.06. The molecule has 21 heavy (non-hydrogen) atoms. The number of aryl methyl sites for hydroxylation is 1. The van der Waals surface area contributed by atoms with Gasteiger partial charge in [-0.05, 0) is 37.5 Å². The predicted octanol–water partition coefficient (Wildman–Crippen LogP) is 2.67. The van der Waals surface area contributed by atoms with Crippen molar-refractivity contribution in [1.82, 2.24) is 4.90 Å². The monoisotopic (exact) mass is 289 g/mol. The lowest BCUT2D eigenvalue weighted by Crippen LogP contribution is -2.40. The van der Waals surface area contributed by atoms with Gasteiger partial charge in [-0.25, -0.2) is 0 Å². The van der Waals surface area contributed by atoms with E-state index in [0.717, 1.165) is 12.0 Å². The van der Waals surface area contributed by atoms with Crippen LogP contribution in [-0.4, -0.2) is 36.5 Å². The third kappa shape index (κ3) is 5.42. The first-order valence-corrected chi connectivity index (χ1v) is 7.12. The molecule has 4 nitrogen and oxygen atoms in total. The zero-order chi connectivity index (χ0) is 15.8. The first kappa shape index (κ1) is 17.0. The number of hydrogen-bond donors (Lipinski definition) is 0. The molecule has 0 atom stereocenters. The summed E-state index contributed by atoms with van der Waals surface area (Å²) in [6, 6.07) is 7.96. The van der Waals surface area contributed by atoms with Crippen molar-refractivity contribution in [2.24, 2.45) is 0 Å². The number of amides is 1. The molecule has 0 spiro atoms. The van der Waals surface area contributed by atoms with Gasteiger partial charge in [0.2, 0.25) is 5.91 Å². The number of carbonyl (C=O) groups excluding carboxylic acids is 2. The van der Waals surface area contributed by atoms with Gasteiger partial charge in [0.15, 0.2) is 0 Å². The van der Waals surface area contributed by atoms with Crippen LogP contribution in [0.2, 0.25) is 0 Å². The summed E-state index contributed by atoms with van der Waals surface area (Å²) in [6.45, 7) is 5.79. The molecule has 1 aromatic carbocycles. The van der Waals surface area contributed by atoms with Crippen LogP contribution < -0.4 is 0 Å². The maximum atomic E-state index is 12.2. The van der Waals surface area contributed by atoms with Crippen LogP contribution in [0.15, 0.2) is 30.3 Å². The maximum absolute atomic E-state index is 12.2. The molecule has 114 valence electrons. The Morgan fingerprint density at radius 1 is 1.24 bits per heavy atom. The summed E-state index contributed by atoms with van der Waals surface area (Å²) in [5.41, 5.74) is 2.22. The molecule has 0 aliphatic rings. The molecule has 0 heterocycles. The summed E-state index contributed by atoms with van der Waals surface area (Å²) in [5.74, 6) is -0.618. The van der Waals surface area contributed by atoms with E-state index in [4.69, 9.17) is 0 Å². The number of methoxy groups -OCH3 is 1. The minimum absolute atomic E-state index is 0.0356. The Bertz CT molecular complexity index is 503. The first-order chi connectivity index (χ1) is 9.97. The van der Waals surface area contributed by atoms with Gasteiger partial charge in [-0.1, -0.05) is 31.2 Å². The standard InChI is InChI=1S/C17H23NO3/c1-5-14-6-8-15(9-7-14)10-11-16(19)18(13(2)3)12-17(20)21-4/h6-11,13H,5,12H2,1-4H3. The minimum atomic E-state index is -0.419. The third-order valence-electron chi connectivity index (χ3n) is 3.24. The summed E-state index contributed by atoms with van der Waals surface area (Å²) in [7, 11) is 1.32. The van der Waals surface area contributed by atoms with Crippen molar-refractivity contribution in [2.45, 2.75) is 33.2 Å². The summed E-state index contributed by atoms with van der Waals surface area (Å²) in [5, 5.41) is 0. The van der Waals surface area contributed by atoms with Crippen LogP contribution in [-0.2, 0) is 20.7 Å². The van der Waals surface area contributed by atoms with Gasteiger partial charge in [-0.15, -0.1) is 0 Å². The van der Waals surface area contributed by atoms with E-state index in [1.165, 1.54) is 23.6 Å². The lowest BCUT2D eigenvalue weighted by molar-refractivity contribution is -0.146. The van der Waals surface area contributed by atoms with E-state index in [2.05, 4.69) is 11.7 Å². The van der Waals surface area contributed by atoms with Crippen LogP contribution in [0.25, 0.3) is 6.08 Å². The number of benzene rings is 1. The highest BCUT2D eigenvalue weighted by Crippen LogP contribution is 2.08. The number of carbonyl (C=O) groups is 2. The number of hydrogen-bond acceptors (Lipinski definition) is 3. The van der Waals surface area contributed by atoms with Crippen molar-refractivity contribution >= 4 is 18.0 Å². The molecule has 0 aliphatic carbocycles. The Balaban J connectivity index is 2.75. The van der Waals surface area contributed by atoms with Crippen molar-refractivity contribution in [2.75, 3.05) is 13.7 Å². The zero-order valence-corrected chi connectivity index (χ0v) is 13.1. The molecule has 0 unspecified atom stereocenters. The van der Waals surface area contributed by atoms with E-state index < -0.39 is 5.97 Å². The van der Waals surface area contributed by atoms with E-state index in [0.29, 0.717) is 0 Å². The Labute approximate surface area is 126 Å². The normalized spacial score (nSPS) is 10.9. The van der Waals surface area contributed by atoms with Crippen molar-refractivity contribution in [3.8, 4) is 0 Å². The number of esters is 1. The first-order valence-electron chi connectivity index (χ1n) is 7.12. The van der Waals surface area contributed by atoms with Gasteiger partial charge in [0.25, 0.3) is 0 Å². The van der Waals surface area contributed by atoms with Crippen LogP contribution in [0.3, 0.4) is 0 Å². The smallest absolute Gasteiger partial charge is 0.325 e. The minimum Gasteiger partial charge on any atom is -0.468 e. The van der Waals surface area contributed by atoms with Gasteiger partial charge in [0, 0.05) is 12.1 Å². The Morgan fingerprint density at radius 2 is 1.86 bits per heavy atom. The molecular formula is C17H23NO3. The summed E-state index contributed by atoms with van der Waals surface area (Å²) < 4.78 is 4.61. The topological polar surface area (TPSA) is 46.6 Å². The highest BCUT2D eigenvalue weighted by atomic mass is 16.5. The Hall–Kier alpha value is -2.10. The molecule has 0 saturated carbocycles. The van der Waals surface area contributed by atoms with Crippen LogP contribution in [0.5, 0.6) is 0 Å². The molecule has 0 N–H and O–H groups in total. The van der Waals surface area contributed by atoms with Gasteiger partial charge in [0.05, 0.1) is 7.11 Å². The van der Waals surface area contributed by atoms with E-state index in [-0.39, 0.29) is 18.5 Å². The molecule has 0 aliphatic heterocycles. The number of nitrogens with zero attached hydrogens (tertiary/aromatic N) is 1. The molecule has 0 fully saturated rings.